The van der Waals surface area contributed by atoms with E-state index in [4.69, 9.17) is 9.72 Å². The van der Waals surface area contributed by atoms with Gasteiger partial charge < -0.3 is 19.7 Å². The molecule has 6 rings (SSSR count). The molecule has 3 atom stereocenters. The lowest BCUT2D eigenvalue weighted by molar-refractivity contribution is -0.143. The summed E-state index contributed by atoms with van der Waals surface area (Å²) in [6.07, 6.45) is 4.19. The molecule has 1 fully saturated rings. The van der Waals surface area contributed by atoms with E-state index in [2.05, 4.69) is 20.1 Å². The molecule has 2 aromatic carbocycles. The largest absolute Gasteiger partial charge is 0.481 e. The van der Waals surface area contributed by atoms with Crippen LogP contribution in [-0.4, -0.2) is 50.1 Å². The number of rotatable bonds is 4. The number of imidazole rings is 1. The Kier molecular flexibility index (Phi) is 5.97. The highest BCUT2D eigenvalue weighted by Crippen LogP contribution is 2.42. The summed E-state index contributed by atoms with van der Waals surface area (Å²) in [4.78, 5) is 31.3. The summed E-state index contributed by atoms with van der Waals surface area (Å²) in [5.74, 6) is -0.450. The molecule has 10 nitrogen and oxygen atoms in total. The molecule has 10 heteroatoms. The van der Waals surface area contributed by atoms with E-state index in [0.717, 1.165) is 70.3 Å². The maximum absolute atomic E-state index is 12.6. The summed E-state index contributed by atoms with van der Waals surface area (Å²) in [7, 11) is 1.40. The third kappa shape index (κ3) is 3.95. The van der Waals surface area contributed by atoms with Crippen molar-refractivity contribution in [2.24, 2.45) is 5.92 Å². The van der Waals surface area contributed by atoms with Crippen LogP contribution in [0, 0.1) is 12.8 Å². The van der Waals surface area contributed by atoms with Crippen molar-refractivity contribution in [2.45, 2.75) is 64.5 Å². The number of hydrogen-bond donors (Lipinski definition) is 3. The highest BCUT2D eigenvalue weighted by molar-refractivity contribution is 5.96. The van der Waals surface area contributed by atoms with Crippen LogP contribution in [0.3, 0.4) is 0 Å². The van der Waals surface area contributed by atoms with Gasteiger partial charge in [-0.15, -0.1) is 0 Å². The first-order chi connectivity index (χ1) is 18.4. The van der Waals surface area contributed by atoms with E-state index in [1.165, 1.54) is 7.11 Å². The molecule has 1 saturated carbocycles. The number of carboxylic acids is 1. The normalized spacial score (nSPS) is 21.4. The van der Waals surface area contributed by atoms with E-state index in [9.17, 15) is 14.7 Å². The fourth-order valence-electron chi connectivity index (χ4n) is 6.22. The predicted molar refractivity (Wildman–Crippen MR) is 145 cm³/mol. The zero-order chi connectivity index (χ0) is 26.6. The average molecular weight is 517 g/mol. The number of nitrogens with zero attached hydrogens (tertiary/aromatic N) is 4. The predicted octanol–water partition coefficient (Wildman–Crippen LogP) is 5.69. The molecule has 0 bridgehead atoms. The van der Waals surface area contributed by atoms with Crippen LogP contribution < -0.4 is 10.2 Å². The van der Waals surface area contributed by atoms with Crippen molar-refractivity contribution in [1.29, 1.82) is 0 Å². The summed E-state index contributed by atoms with van der Waals surface area (Å²) >= 11 is 0. The summed E-state index contributed by atoms with van der Waals surface area (Å²) in [6.45, 7) is 3.99. The minimum absolute atomic E-state index is 0.00671. The zero-order valence-electron chi connectivity index (χ0n) is 21.8. The Hall–Kier alpha value is -4.08. The second-order valence-corrected chi connectivity index (χ2v) is 10.5. The Morgan fingerprint density at radius 3 is 2.82 bits per heavy atom. The molecule has 0 saturated heterocycles. The number of carbonyl (C=O) groups is 2. The van der Waals surface area contributed by atoms with Crippen LogP contribution in [0.1, 0.15) is 56.3 Å². The van der Waals surface area contributed by atoms with Gasteiger partial charge in [0, 0.05) is 28.7 Å². The zero-order valence-corrected chi connectivity index (χ0v) is 21.8. The lowest BCUT2D eigenvalue weighted by atomic mass is 9.85. The van der Waals surface area contributed by atoms with Gasteiger partial charge in [-0.1, -0.05) is 6.42 Å². The number of aliphatic carboxylic acids is 1. The Morgan fingerprint density at radius 1 is 1.18 bits per heavy atom. The van der Waals surface area contributed by atoms with Gasteiger partial charge in [0.15, 0.2) is 0 Å². The minimum atomic E-state index is -0.742. The molecule has 0 spiro atoms. The SMILES string of the molecule is COC(=O)N1c2ccc3c(nc(Nc4ccc5c(C)n[nH]c5c4)n3[C@@H]3CCC[C@@H](C(=O)O)C3)c2CCC1C. The van der Waals surface area contributed by atoms with Gasteiger partial charge in [0.1, 0.15) is 0 Å². The molecule has 4 aromatic rings. The number of aryl methyl sites for hydroxylation is 2. The van der Waals surface area contributed by atoms with E-state index >= 15 is 0 Å². The number of nitrogens with one attached hydrogen (secondary N) is 2. The van der Waals surface area contributed by atoms with Gasteiger partial charge in [0.05, 0.1) is 41.0 Å². The number of fused-ring (bicyclic) bond motifs is 4. The van der Waals surface area contributed by atoms with E-state index in [0.29, 0.717) is 18.8 Å². The van der Waals surface area contributed by atoms with Crippen LogP contribution in [0.15, 0.2) is 30.3 Å². The molecule has 198 valence electrons. The third-order valence-electron chi connectivity index (χ3n) is 8.20. The lowest BCUT2D eigenvalue weighted by Crippen LogP contribution is -2.42. The van der Waals surface area contributed by atoms with Crippen molar-refractivity contribution >= 4 is 51.3 Å². The highest BCUT2D eigenvalue weighted by Gasteiger charge is 2.34. The number of amides is 1. The molecule has 3 heterocycles. The first-order valence-electron chi connectivity index (χ1n) is 13.2. The fraction of sp³-hybridized carbons (Fsp3) is 0.429. The van der Waals surface area contributed by atoms with Gasteiger partial charge in [-0.2, -0.15) is 5.10 Å². The number of anilines is 3. The van der Waals surface area contributed by atoms with Gasteiger partial charge in [-0.25, -0.2) is 9.78 Å². The molecule has 2 aliphatic rings. The Bertz CT molecular complexity index is 1560. The monoisotopic (exact) mass is 516 g/mol. The summed E-state index contributed by atoms with van der Waals surface area (Å²) in [5, 5.41) is 21.7. The molecule has 1 amide bonds. The molecule has 38 heavy (non-hydrogen) atoms. The summed E-state index contributed by atoms with van der Waals surface area (Å²) < 4.78 is 7.26. The molecule has 3 N–H and O–H groups in total. The molecule has 1 aliphatic carbocycles. The smallest absolute Gasteiger partial charge is 0.414 e. The standard InChI is InChI=1S/C28H32N6O4/c1-15-7-9-21-23(33(15)28(37)38-3)11-12-24-25(21)30-27(34(24)19-6-4-5-17(13-19)26(35)36)29-18-8-10-20-16(2)31-32-22(20)14-18/h8,10-12,14-15,17,19H,4-7,9,13H2,1-3H3,(H,29,30)(H,31,32)(H,35,36)/t15?,17-,19-/m1/s1. The van der Waals surface area contributed by atoms with Crippen molar-refractivity contribution in [1.82, 2.24) is 19.7 Å². The number of methoxy groups -OCH3 is 1. The van der Waals surface area contributed by atoms with Crippen molar-refractivity contribution in [3.05, 3.63) is 41.6 Å². The van der Waals surface area contributed by atoms with Crippen LogP contribution in [0.25, 0.3) is 21.9 Å². The molecular formula is C28H32N6O4. The highest BCUT2D eigenvalue weighted by atomic mass is 16.5. The average Bonchev–Trinajstić information content (AvgIpc) is 3.47. The molecule has 1 unspecified atom stereocenters. The summed E-state index contributed by atoms with van der Waals surface area (Å²) in [6, 6.07) is 10.0. The number of H-pyrrole nitrogens is 1. The fourth-order valence-corrected chi connectivity index (χ4v) is 6.22. The van der Waals surface area contributed by atoms with Crippen LogP contribution in [0.2, 0.25) is 0 Å². The van der Waals surface area contributed by atoms with Gasteiger partial charge in [0.2, 0.25) is 5.95 Å². The second-order valence-electron chi connectivity index (χ2n) is 10.5. The number of aromatic amines is 1. The Labute approximate surface area is 220 Å². The van der Waals surface area contributed by atoms with Crippen molar-refractivity contribution in [3.8, 4) is 0 Å². The van der Waals surface area contributed by atoms with E-state index in [1.54, 1.807) is 4.90 Å². The number of hydrogen-bond acceptors (Lipinski definition) is 6. The van der Waals surface area contributed by atoms with Crippen LogP contribution in [0.5, 0.6) is 0 Å². The van der Waals surface area contributed by atoms with Gasteiger partial charge in [-0.05, 0) is 76.3 Å². The molecule has 1 aliphatic heterocycles. The van der Waals surface area contributed by atoms with Crippen LogP contribution >= 0.6 is 0 Å². The molecular weight excluding hydrogens is 484 g/mol. The van der Waals surface area contributed by atoms with Gasteiger partial charge in [0.25, 0.3) is 0 Å². The quantitative estimate of drug-likeness (QED) is 0.318. The van der Waals surface area contributed by atoms with Crippen molar-refractivity contribution < 1.29 is 19.4 Å². The Morgan fingerprint density at radius 2 is 2.03 bits per heavy atom. The number of ether oxygens (including phenoxy) is 1. The topological polar surface area (TPSA) is 125 Å². The lowest BCUT2D eigenvalue weighted by Gasteiger charge is -2.34. The van der Waals surface area contributed by atoms with Crippen molar-refractivity contribution in [3.63, 3.8) is 0 Å². The maximum Gasteiger partial charge on any atom is 0.414 e. The van der Waals surface area contributed by atoms with Gasteiger partial charge in [-0.3, -0.25) is 14.8 Å². The van der Waals surface area contributed by atoms with Crippen LogP contribution in [-0.2, 0) is 16.0 Å². The van der Waals surface area contributed by atoms with Crippen molar-refractivity contribution in [2.75, 3.05) is 17.3 Å². The second kappa shape index (κ2) is 9.34. The Balaban J connectivity index is 1.49. The minimum Gasteiger partial charge on any atom is -0.481 e. The van der Waals surface area contributed by atoms with E-state index in [1.807, 2.05) is 44.2 Å². The van der Waals surface area contributed by atoms with E-state index in [-0.39, 0.29) is 24.1 Å². The molecule has 0 radical (unpaired) electrons. The maximum atomic E-state index is 12.6. The van der Waals surface area contributed by atoms with Crippen LogP contribution in [0.4, 0.5) is 22.1 Å². The molecule has 2 aromatic heterocycles. The number of aromatic nitrogens is 4. The number of carboxylic acid groups (broad SMARTS) is 1. The first-order valence-corrected chi connectivity index (χ1v) is 13.2. The number of benzene rings is 2. The van der Waals surface area contributed by atoms with Gasteiger partial charge >= 0.3 is 12.1 Å². The summed E-state index contributed by atoms with van der Waals surface area (Å²) in [5.41, 5.74) is 6.35. The number of carbonyl (C=O) groups excluding carboxylic acids is 1. The van der Waals surface area contributed by atoms with E-state index < -0.39 is 5.97 Å². The third-order valence-corrected chi connectivity index (χ3v) is 8.20. The first kappa shape index (κ1) is 24.3.